The number of rotatable bonds is 1. The summed E-state index contributed by atoms with van der Waals surface area (Å²) in [6.45, 7) is 0. The molecule has 0 fully saturated rings. The maximum absolute atomic E-state index is 6.25. The first kappa shape index (κ1) is 13.2. The number of imidazole rings is 1. The third-order valence-electron chi connectivity index (χ3n) is 2.79. The SMILES string of the molecule is S=c1[nH]c2ccc(Br)cc2n1-c1cc(Cl)ccc1Cl. The molecule has 1 N–H and O–H groups in total. The smallest absolute Gasteiger partial charge is 0.182 e. The van der Waals surface area contributed by atoms with Gasteiger partial charge in [-0.15, -0.1) is 0 Å². The quantitative estimate of drug-likeness (QED) is 0.538. The summed E-state index contributed by atoms with van der Waals surface area (Å²) < 4.78 is 3.43. The molecular formula is C13H7BrCl2N2S. The Labute approximate surface area is 133 Å². The molecule has 2 aromatic carbocycles. The molecule has 6 heteroatoms. The molecule has 1 heterocycles. The van der Waals surface area contributed by atoms with Gasteiger partial charge in [-0.1, -0.05) is 39.1 Å². The highest BCUT2D eigenvalue weighted by atomic mass is 79.9. The zero-order valence-electron chi connectivity index (χ0n) is 9.45. The van der Waals surface area contributed by atoms with E-state index < -0.39 is 0 Å². The van der Waals surface area contributed by atoms with Crippen molar-refractivity contribution in [1.29, 1.82) is 0 Å². The molecule has 0 amide bonds. The number of hydrogen-bond donors (Lipinski definition) is 1. The van der Waals surface area contributed by atoms with Crippen LogP contribution in [0.1, 0.15) is 0 Å². The van der Waals surface area contributed by atoms with Crippen LogP contribution in [-0.2, 0) is 0 Å². The minimum atomic E-state index is 0.581. The van der Waals surface area contributed by atoms with E-state index in [2.05, 4.69) is 20.9 Å². The summed E-state index contributed by atoms with van der Waals surface area (Å²) in [5, 5.41) is 1.21. The van der Waals surface area contributed by atoms with Crippen LogP contribution in [0.3, 0.4) is 0 Å². The first-order chi connectivity index (χ1) is 9.06. The maximum Gasteiger partial charge on any atom is 0.182 e. The lowest BCUT2D eigenvalue weighted by Crippen LogP contribution is -1.95. The zero-order chi connectivity index (χ0) is 13.6. The third-order valence-corrected chi connectivity index (χ3v) is 4.13. The van der Waals surface area contributed by atoms with Crippen molar-refractivity contribution in [3.63, 3.8) is 0 Å². The number of H-pyrrole nitrogens is 1. The molecule has 2 nitrogen and oxygen atoms in total. The summed E-state index contributed by atoms with van der Waals surface area (Å²) in [6, 6.07) is 11.2. The van der Waals surface area contributed by atoms with Gasteiger partial charge in [-0.2, -0.15) is 0 Å². The van der Waals surface area contributed by atoms with E-state index in [0.29, 0.717) is 14.8 Å². The summed E-state index contributed by atoms with van der Waals surface area (Å²) in [4.78, 5) is 3.15. The highest BCUT2D eigenvalue weighted by molar-refractivity contribution is 9.10. The van der Waals surface area contributed by atoms with Gasteiger partial charge in [-0.3, -0.25) is 4.57 Å². The van der Waals surface area contributed by atoms with E-state index in [4.69, 9.17) is 35.4 Å². The molecular weight excluding hydrogens is 367 g/mol. The van der Waals surface area contributed by atoms with Crippen LogP contribution in [0.15, 0.2) is 40.9 Å². The Morgan fingerprint density at radius 1 is 1.11 bits per heavy atom. The number of nitrogens with zero attached hydrogens (tertiary/aromatic N) is 1. The van der Waals surface area contributed by atoms with E-state index in [1.165, 1.54) is 0 Å². The van der Waals surface area contributed by atoms with E-state index in [-0.39, 0.29) is 0 Å². The Kier molecular flexibility index (Phi) is 3.43. The minimum absolute atomic E-state index is 0.581. The summed E-state index contributed by atoms with van der Waals surface area (Å²) in [7, 11) is 0. The molecule has 96 valence electrons. The molecule has 3 rings (SSSR count). The van der Waals surface area contributed by atoms with Crippen molar-refractivity contribution in [3.05, 3.63) is 55.7 Å². The third kappa shape index (κ3) is 2.34. The van der Waals surface area contributed by atoms with Crippen molar-refractivity contribution in [2.45, 2.75) is 0 Å². The average molecular weight is 374 g/mol. The molecule has 0 saturated carbocycles. The predicted molar refractivity (Wildman–Crippen MR) is 86.2 cm³/mol. The Hall–Kier alpha value is -0.810. The van der Waals surface area contributed by atoms with E-state index in [1.807, 2.05) is 22.8 Å². The van der Waals surface area contributed by atoms with Gasteiger partial charge in [0.2, 0.25) is 0 Å². The molecule has 0 spiro atoms. The van der Waals surface area contributed by atoms with Crippen molar-refractivity contribution in [3.8, 4) is 5.69 Å². The minimum Gasteiger partial charge on any atom is -0.330 e. The average Bonchev–Trinajstić information content (AvgIpc) is 2.68. The van der Waals surface area contributed by atoms with Crippen LogP contribution in [0.2, 0.25) is 10.0 Å². The van der Waals surface area contributed by atoms with Gasteiger partial charge in [0.15, 0.2) is 4.77 Å². The molecule has 0 radical (unpaired) electrons. The number of fused-ring (bicyclic) bond motifs is 1. The number of aromatic nitrogens is 2. The standard InChI is InChI=1S/C13H7BrCl2N2S/c14-7-1-4-10-12(5-7)18(13(19)17-10)11-6-8(15)2-3-9(11)16/h1-6H,(H,17,19). The summed E-state index contributed by atoms with van der Waals surface area (Å²) in [5.41, 5.74) is 2.66. The van der Waals surface area contributed by atoms with E-state index in [1.54, 1.807) is 18.2 Å². The number of nitrogens with one attached hydrogen (secondary N) is 1. The summed E-state index contributed by atoms with van der Waals surface area (Å²) in [5.74, 6) is 0. The van der Waals surface area contributed by atoms with Gasteiger partial charge in [0.25, 0.3) is 0 Å². The molecule has 0 saturated heterocycles. The van der Waals surface area contributed by atoms with Crippen molar-refractivity contribution in [1.82, 2.24) is 9.55 Å². The Balaban J connectivity index is 2.42. The van der Waals surface area contributed by atoms with Gasteiger partial charge in [0.1, 0.15) is 0 Å². The largest absolute Gasteiger partial charge is 0.330 e. The number of aromatic amines is 1. The van der Waals surface area contributed by atoms with Gasteiger partial charge in [-0.05, 0) is 48.6 Å². The molecule has 1 aromatic heterocycles. The molecule has 0 aliphatic heterocycles. The maximum atomic E-state index is 6.25. The molecule has 0 bridgehead atoms. The highest BCUT2D eigenvalue weighted by Gasteiger charge is 2.10. The molecule has 3 aromatic rings. The molecule has 19 heavy (non-hydrogen) atoms. The predicted octanol–water partition coefficient (Wildman–Crippen LogP) is 5.76. The fraction of sp³-hybridized carbons (Fsp3) is 0. The van der Waals surface area contributed by atoms with Crippen LogP contribution in [0, 0.1) is 4.77 Å². The van der Waals surface area contributed by atoms with Gasteiger partial charge in [0, 0.05) is 9.50 Å². The second-order valence-corrected chi connectivity index (χ2v) is 6.17. The Bertz CT molecular complexity index is 838. The summed E-state index contributed by atoms with van der Waals surface area (Å²) in [6.07, 6.45) is 0. The zero-order valence-corrected chi connectivity index (χ0v) is 13.4. The lowest BCUT2D eigenvalue weighted by molar-refractivity contribution is 1.06. The number of benzene rings is 2. The van der Waals surface area contributed by atoms with Gasteiger partial charge < -0.3 is 4.98 Å². The Morgan fingerprint density at radius 3 is 2.68 bits per heavy atom. The van der Waals surface area contributed by atoms with Gasteiger partial charge in [-0.25, -0.2) is 0 Å². The van der Waals surface area contributed by atoms with Crippen molar-refractivity contribution in [2.24, 2.45) is 0 Å². The van der Waals surface area contributed by atoms with Crippen molar-refractivity contribution < 1.29 is 0 Å². The molecule has 0 atom stereocenters. The first-order valence-electron chi connectivity index (χ1n) is 5.42. The van der Waals surface area contributed by atoms with E-state index in [9.17, 15) is 0 Å². The monoisotopic (exact) mass is 372 g/mol. The first-order valence-corrected chi connectivity index (χ1v) is 7.38. The molecule has 0 unspecified atom stereocenters. The Morgan fingerprint density at radius 2 is 1.89 bits per heavy atom. The van der Waals surface area contributed by atoms with Crippen molar-refractivity contribution >= 4 is 62.4 Å². The second kappa shape index (κ2) is 4.94. The van der Waals surface area contributed by atoms with Gasteiger partial charge >= 0.3 is 0 Å². The van der Waals surface area contributed by atoms with Crippen LogP contribution in [0.5, 0.6) is 0 Å². The van der Waals surface area contributed by atoms with Crippen LogP contribution in [-0.4, -0.2) is 9.55 Å². The fourth-order valence-corrected chi connectivity index (χ4v) is 3.00. The number of hydrogen-bond acceptors (Lipinski definition) is 1. The van der Waals surface area contributed by atoms with E-state index >= 15 is 0 Å². The summed E-state index contributed by atoms with van der Waals surface area (Å²) >= 11 is 21.1. The lowest BCUT2D eigenvalue weighted by Gasteiger charge is -2.07. The fourth-order valence-electron chi connectivity index (χ4n) is 1.97. The van der Waals surface area contributed by atoms with E-state index in [0.717, 1.165) is 21.2 Å². The van der Waals surface area contributed by atoms with Gasteiger partial charge in [0.05, 0.1) is 21.7 Å². The van der Waals surface area contributed by atoms with Crippen LogP contribution < -0.4 is 0 Å². The number of halogens is 3. The van der Waals surface area contributed by atoms with Crippen LogP contribution in [0.4, 0.5) is 0 Å². The highest BCUT2D eigenvalue weighted by Crippen LogP contribution is 2.29. The molecule has 0 aliphatic rings. The second-order valence-electron chi connectivity index (χ2n) is 4.02. The lowest BCUT2D eigenvalue weighted by atomic mass is 10.3. The van der Waals surface area contributed by atoms with Crippen molar-refractivity contribution in [2.75, 3.05) is 0 Å². The van der Waals surface area contributed by atoms with Crippen LogP contribution in [0.25, 0.3) is 16.7 Å². The topological polar surface area (TPSA) is 20.7 Å². The van der Waals surface area contributed by atoms with Crippen LogP contribution >= 0.6 is 51.3 Å². The normalized spacial score (nSPS) is 11.1. The molecule has 0 aliphatic carbocycles.